The van der Waals surface area contributed by atoms with Crippen LogP contribution < -0.4 is 4.90 Å². The molecule has 0 bridgehead atoms. The number of hydrogen-bond acceptors (Lipinski definition) is 4. The van der Waals surface area contributed by atoms with E-state index in [1.54, 1.807) is 6.08 Å². The van der Waals surface area contributed by atoms with Crippen LogP contribution >= 0.6 is 0 Å². The Hall–Kier alpha value is -3.47. The second-order valence-electron chi connectivity index (χ2n) is 7.20. The van der Waals surface area contributed by atoms with Crippen molar-refractivity contribution in [2.45, 2.75) is 6.92 Å². The molecule has 2 aromatic carbocycles. The van der Waals surface area contributed by atoms with Gasteiger partial charge in [0.15, 0.2) is 5.82 Å². The molecule has 1 fully saturated rings. The molecule has 29 heavy (non-hydrogen) atoms. The summed E-state index contributed by atoms with van der Waals surface area (Å²) in [6.45, 7) is 4.92. The monoisotopic (exact) mass is 384 g/mol. The van der Waals surface area contributed by atoms with Gasteiger partial charge in [0.05, 0.1) is 5.69 Å². The van der Waals surface area contributed by atoms with Gasteiger partial charge in [0.1, 0.15) is 0 Å². The number of piperazine rings is 1. The molecule has 0 aliphatic carbocycles. The molecule has 1 aliphatic heterocycles. The van der Waals surface area contributed by atoms with Gasteiger partial charge in [-0.1, -0.05) is 60.2 Å². The molecule has 1 amide bonds. The van der Waals surface area contributed by atoms with Crippen LogP contribution in [0.5, 0.6) is 0 Å². The zero-order valence-electron chi connectivity index (χ0n) is 16.5. The first-order chi connectivity index (χ1) is 14.2. The number of carbonyl (C=O) groups is 1. The van der Waals surface area contributed by atoms with Crippen LogP contribution in [0.3, 0.4) is 0 Å². The van der Waals surface area contributed by atoms with Crippen LogP contribution in [0.1, 0.15) is 11.1 Å². The highest BCUT2D eigenvalue weighted by molar-refractivity contribution is 5.92. The molecule has 0 saturated carbocycles. The van der Waals surface area contributed by atoms with E-state index in [0.717, 1.165) is 35.7 Å². The van der Waals surface area contributed by atoms with Gasteiger partial charge in [0.2, 0.25) is 5.91 Å². The molecule has 1 saturated heterocycles. The molecule has 146 valence electrons. The smallest absolute Gasteiger partial charge is 0.246 e. The van der Waals surface area contributed by atoms with Crippen LogP contribution in [0.2, 0.25) is 0 Å². The highest BCUT2D eigenvalue weighted by atomic mass is 16.2. The highest BCUT2D eigenvalue weighted by Crippen LogP contribution is 2.19. The average molecular weight is 384 g/mol. The SMILES string of the molecule is Cc1ccc(/C=C/C(=O)N2CCN(c3ccc(-c4ccccc4)nn3)CC2)cc1. The lowest BCUT2D eigenvalue weighted by Gasteiger charge is -2.34. The number of benzene rings is 2. The van der Waals surface area contributed by atoms with E-state index >= 15 is 0 Å². The number of amides is 1. The van der Waals surface area contributed by atoms with Gasteiger partial charge in [0.25, 0.3) is 0 Å². The molecule has 5 nitrogen and oxygen atoms in total. The van der Waals surface area contributed by atoms with Gasteiger partial charge >= 0.3 is 0 Å². The molecular formula is C24H24N4O. The maximum Gasteiger partial charge on any atom is 0.246 e. The van der Waals surface area contributed by atoms with E-state index in [4.69, 9.17) is 0 Å². The van der Waals surface area contributed by atoms with Crippen molar-refractivity contribution in [2.24, 2.45) is 0 Å². The fourth-order valence-electron chi connectivity index (χ4n) is 3.36. The standard InChI is InChI=1S/C24H24N4O/c1-19-7-9-20(10-8-19)11-14-24(29)28-17-15-27(16-18-28)23-13-12-22(25-26-23)21-5-3-2-4-6-21/h2-14H,15-18H2,1H3/b14-11+. The first kappa shape index (κ1) is 18.9. The normalized spacial score (nSPS) is 14.4. The molecule has 0 N–H and O–H groups in total. The van der Waals surface area contributed by atoms with Crippen molar-refractivity contribution in [1.82, 2.24) is 15.1 Å². The summed E-state index contributed by atoms with van der Waals surface area (Å²) in [5.74, 6) is 0.905. The molecule has 4 rings (SSSR count). The molecule has 0 atom stereocenters. The maximum atomic E-state index is 12.5. The Morgan fingerprint density at radius 1 is 0.862 bits per heavy atom. The van der Waals surface area contributed by atoms with Crippen molar-refractivity contribution in [3.63, 3.8) is 0 Å². The highest BCUT2D eigenvalue weighted by Gasteiger charge is 2.20. The first-order valence-electron chi connectivity index (χ1n) is 9.87. The first-order valence-corrected chi connectivity index (χ1v) is 9.87. The second-order valence-corrected chi connectivity index (χ2v) is 7.20. The molecule has 0 radical (unpaired) electrons. The largest absolute Gasteiger partial charge is 0.352 e. The summed E-state index contributed by atoms with van der Waals surface area (Å²) in [6, 6.07) is 22.2. The Bertz CT molecular complexity index is 974. The van der Waals surface area contributed by atoms with Crippen molar-refractivity contribution in [3.05, 3.63) is 83.9 Å². The van der Waals surface area contributed by atoms with Gasteiger partial charge in [-0.3, -0.25) is 4.79 Å². The molecule has 1 aliphatic rings. The zero-order valence-corrected chi connectivity index (χ0v) is 16.5. The predicted molar refractivity (Wildman–Crippen MR) is 116 cm³/mol. The van der Waals surface area contributed by atoms with Crippen molar-refractivity contribution in [1.29, 1.82) is 0 Å². The van der Waals surface area contributed by atoms with E-state index in [1.165, 1.54) is 5.56 Å². The third kappa shape index (κ3) is 4.69. The molecule has 1 aromatic heterocycles. The zero-order chi connectivity index (χ0) is 20.1. The van der Waals surface area contributed by atoms with E-state index in [0.29, 0.717) is 13.1 Å². The number of carbonyl (C=O) groups excluding carboxylic acids is 1. The number of hydrogen-bond donors (Lipinski definition) is 0. The van der Waals surface area contributed by atoms with Gasteiger partial charge in [-0.05, 0) is 30.7 Å². The van der Waals surface area contributed by atoms with Crippen molar-refractivity contribution < 1.29 is 4.79 Å². The van der Waals surface area contributed by atoms with E-state index < -0.39 is 0 Å². The van der Waals surface area contributed by atoms with E-state index in [1.807, 2.05) is 77.7 Å². The fraction of sp³-hybridized carbons (Fsp3) is 0.208. The lowest BCUT2D eigenvalue weighted by atomic mass is 10.1. The van der Waals surface area contributed by atoms with E-state index in [9.17, 15) is 4.79 Å². The summed E-state index contributed by atoms with van der Waals surface area (Å²) in [5.41, 5.74) is 4.17. The van der Waals surface area contributed by atoms with Crippen LogP contribution in [0.4, 0.5) is 5.82 Å². The third-order valence-electron chi connectivity index (χ3n) is 5.13. The topological polar surface area (TPSA) is 49.3 Å². The molecule has 0 unspecified atom stereocenters. The van der Waals surface area contributed by atoms with E-state index in [-0.39, 0.29) is 5.91 Å². The Morgan fingerprint density at radius 2 is 1.59 bits per heavy atom. The van der Waals surface area contributed by atoms with Gasteiger partial charge in [-0.2, -0.15) is 0 Å². The average Bonchev–Trinajstić information content (AvgIpc) is 2.79. The Balaban J connectivity index is 1.33. The predicted octanol–water partition coefficient (Wildman–Crippen LogP) is 3.81. The minimum atomic E-state index is 0.0516. The summed E-state index contributed by atoms with van der Waals surface area (Å²) in [5, 5.41) is 8.75. The lowest BCUT2D eigenvalue weighted by Crippen LogP contribution is -2.48. The summed E-state index contributed by atoms with van der Waals surface area (Å²) >= 11 is 0. The van der Waals surface area contributed by atoms with Gasteiger partial charge < -0.3 is 9.80 Å². The number of nitrogens with zero attached hydrogens (tertiary/aromatic N) is 4. The Morgan fingerprint density at radius 3 is 2.24 bits per heavy atom. The molecular weight excluding hydrogens is 360 g/mol. The van der Waals surface area contributed by atoms with Gasteiger partial charge in [-0.15, -0.1) is 10.2 Å². The van der Waals surface area contributed by atoms with Crippen LogP contribution in [0, 0.1) is 6.92 Å². The number of anilines is 1. The summed E-state index contributed by atoms with van der Waals surface area (Å²) in [4.78, 5) is 16.5. The van der Waals surface area contributed by atoms with E-state index in [2.05, 4.69) is 22.0 Å². The second kappa shape index (κ2) is 8.69. The van der Waals surface area contributed by atoms with Crippen molar-refractivity contribution >= 4 is 17.8 Å². The minimum Gasteiger partial charge on any atom is -0.352 e. The van der Waals surface area contributed by atoms with Gasteiger partial charge in [-0.25, -0.2) is 0 Å². The van der Waals surface area contributed by atoms with Crippen molar-refractivity contribution in [2.75, 3.05) is 31.1 Å². The minimum absolute atomic E-state index is 0.0516. The summed E-state index contributed by atoms with van der Waals surface area (Å²) < 4.78 is 0. The molecule has 2 heterocycles. The van der Waals surface area contributed by atoms with Crippen molar-refractivity contribution in [3.8, 4) is 11.3 Å². The fourth-order valence-corrected chi connectivity index (χ4v) is 3.36. The number of aryl methyl sites for hydroxylation is 1. The van der Waals surface area contributed by atoms with Crippen LogP contribution in [-0.4, -0.2) is 47.2 Å². The number of aromatic nitrogens is 2. The summed E-state index contributed by atoms with van der Waals surface area (Å²) in [7, 11) is 0. The Kier molecular flexibility index (Phi) is 5.66. The van der Waals surface area contributed by atoms with Gasteiger partial charge in [0, 0.05) is 37.8 Å². The Labute approximate surface area is 171 Å². The number of rotatable bonds is 4. The van der Waals surface area contributed by atoms with Crippen LogP contribution in [-0.2, 0) is 4.79 Å². The molecule has 5 heteroatoms. The van der Waals surface area contributed by atoms with Crippen LogP contribution in [0.25, 0.3) is 17.3 Å². The summed E-state index contributed by atoms with van der Waals surface area (Å²) in [6.07, 6.45) is 3.54. The molecule has 0 spiro atoms. The quantitative estimate of drug-likeness (QED) is 0.642. The lowest BCUT2D eigenvalue weighted by molar-refractivity contribution is -0.126. The van der Waals surface area contributed by atoms with Crippen LogP contribution in [0.15, 0.2) is 72.8 Å². The maximum absolute atomic E-state index is 12.5. The third-order valence-corrected chi connectivity index (χ3v) is 5.13. The molecule has 3 aromatic rings.